The molecule has 0 atom stereocenters. The van der Waals surface area contributed by atoms with Gasteiger partial charge in [-0.05, 0) is 29.2 Å². The molecule has 0 spiro atoms. The normalized spacial score (nSPS) is 10.6. The molecule has 0 fully saturated rings. The highest BCUT2D eigenvalue weighted by Gasteiger charge is 2.12. The van der Waals surface area contributed by atoms with Crippen LogP contribution in [0, 0.1) is 0 Å². The van der Waals surface area contributed by atoms with Crippen LogP contribution < -0.4 is 11.1 Å². The number of aromatic nitrogens is 4. The third-order valence-electron chi connectivity index (χ3n) is 2.90. The Labute approximate surface area is 120 Å². The molecule has 6 nitrogen and oxygen atoms in total. The summed E-state index contributed by atoms with van der Waals surface area (Å²) in [5.74, 6) is 0.548. The molecule has 0 aliphatic rings. The van der Waals surface area contributed by atoms with Gasteiger partial charge in [-0.15, -0.1) is 0 Å². The number of anilines is 2. The maximum Gasteiger partial charge on any atom is 0.147 e. The van der Waals surface area contributed by atoms with E-state index in [9.17, 15) is 0 Å². The van der Waals surface area contributed by atoms with Gasteiger partial charge in [-0.25, -0.2) is 4.98 Å². The molecule has 3 rings (SSSR count). The monoisotopic (exact) mass is 286 g/mol. The van der Waals surface area contributed by atoms with E-state index in [1.165, 1.54) is 11.5 Å². The van der Waals surface area contributed by atoms with Gasteiger partial charge in [0, 0.05) is 37.9 Å². The number of pyridine rings is 1. The second-order valence-electron chi connectivity index (χ2n) is 4.24. The molecule has 0 aromatic carbocycles. The molecule has 0 amide bonds. The molecule has 7 heteroatoms. The van der Waals surface area contributed by atoms with Crippen LogP contribution in [-0.2, 0) is 6.54 Å². The molecular formula is C13H14N6S. The SMILES string of the molecule is Nc1nsc(NCCn2ccnc2)c1-c1ccncc1. The third kappa shape index (κ3) is 2.62. The van der Waals surface area contributed by atoms with Crippen molar-refractivity contribution in [2.45, 2.75) is 6.54 Å². The number of nitrogens with one attached hydrogen (secondary N) is 1. The van der Waals surface area contributed by atoms with E-state index in [4.69, 9.17) is 5.73 Å². The van der Waals surface area contributed by atoms with Gasteiger partial charge >= 0.3 is 0 Å². The predicted octanol–water partition coefficient (Wildman–Crippen LogP) is 2.10. The van der Waals surface area contributed by atoms with Crippen molar-refractivity contribution in [3.63, 3.8) is 0 Å². The molecule has 0 aliphatic heterocycles. The van der Waals surface area contributed by atoms with Crippen LogP contribution in [0.15, 0.2) is 43.2 Å². The Hall–Kier alpha value is -2.41. The largest absolute Gasteiger partial charge is 0.382 e. The second-order valence-corrected chi connectivity index (χ2v) is 5.01. The van der Waals surface area contributed by atoms with Gasteiger partial charge in [0.15, 0.2) is 0 Å². The van der Waals surface area contributed by atoms with E-state index in [1.807, 2.05) is 22.9 Å². The first-order chi connectivity index (χ1) is 9.84. The lowest BCUT2D eigenvalue weighted by molar-refractivity contribution is 0.728. The summed E-state index contributed by atoms with van der Waals surface area (Å²) in [5.41, 5.74) is 7.94. The summed E-state index contributed by atoms with van der Waals surface area (Å²) >= 11 is 1.38. The second kappa shape index (κ2) is 5.70. The van der Waals surface area contributed by atoms with E-state index in [1.54, 1.807) is 24.9 Å². The van der Waals surface area contributed by atoms with Gasteiger partial charge in [0.1, 0.15) is 10.8 Å². The van der Waals surface area contributed by atoms with Crippen molar-refractivity contribution in [2.24, 2.45) is 0 Å². The average molecular weight is 286 g/mol. The molecule has 0 saturated heterocycles. The van der Waals surface area contributed by atoms with Gasteiger partial charge in [0.25, 0.3) is 0 Å². The van der Waals surface area contributed by atoms with Gasteiger partial charge in [-0.2, -0.15) is 4.37 Å². The Morgan fingerprint density at radius 1 is 1.20 bits per heavy atom. The van der Waals surface area contributed by atoms with Crippen LogP contribution in [0.25, 0.3) is 11.1 Å². The van der Waals surface area contributed by atoms with Gasteiger partial charge < -0.3 is 15.6 Å². The first kappa shape index (κ1) is 12.6. The van der Waals surface area contributed by atoms with E-state index < -0.39 is 0 Å². The predicted molar refractivity (Wildman–Crippen MR) is 80.5 cm³/mol. The summed E-state index contributed by atoms with van der Waals surface area (Å²) in [4.78, 5) is 8.04. The van der Waals surface area contributed by atoms with E-state index in [0.717, 1.165) is 29.2 Å². The number of nitrogens with zero attached hydrogens (tertiary/aromatic N) is 4. The first-order valence-corrected chi connectivity index (χ1v) is 6.97. The minimum absolute atomic E-state index is 0.548. The number of nitrogen functional groups attached to an aromatic ring is 1. The maximum absolute atomic E-state index is 5.96. The summed E-state index contributed by atoms with van der Waals surface area (Å²) in [5, 5.41) is 4.36. The first-order valence-electron chi connectivity index (χ1n) is 6.20. The summed E-state index contributed by atoms with van der Waals surface area (Å²) in [6.07, 6.45) is 9.01. The number of rotatable bonds is 5. The quantitative estimate of drug-likeness (QED) is 0.750. The fraction of sp³-hybridized carbons (Fsp3) is 0.154. The summed E-state index contributed by atoms with van der Waals surface area (Å²) in [6, 6.07) is 3.86. The van der Waals surface area contributed by atoms with Crippen molar-refractivity contribution in [3.8, 4) is 11.1 Å². The highest BCUT2D eigenvalue weighted by Crippen LogP contribution is 2.36. The number of nitrogens with two attached hydrogens (primary N) is 1. The molecule has 0 radical (unpaired) electrons. The van der Waals surface area contributed by atoms with Crippen LogP contribution in [-0.4, -0.2) is 25.5 Å². The molecule has 0 aliphatic carbocycles. The zero-order valence-corrected chi connectivity index (χ0v) is 11.5. The van der Waals surface area contributed by atoms with Crippen LogP contribution in [0.5, 0.6) is 0 Å². The number of hydrogen-bond acceptors (Lipinski definition) is 6. The van der Waals surface area contributed by atoms with Crippen LogP contribution in [0.4, 0.5) is 10.8 Å². The van der Waals surface area contributed by atoms with Crippen molar-refractivity contribution in [3.05, 3.63) is 43.2 Å². The van der Waals surface area contributed by atoms with Crippen LogP contribution in [0.3, 0.4) is 0 Å². The third-order valence-corrected chi connectivity index (χ3v) is 3.72. The highest BCUT2D eigenvalue weighted by atomic mass is 32.1. The van der Waals surface area contributed by atoms with E-state index in [-0.39, 0.29) is 0 Å². The zero-order valence-electron chi connectivity index (χ0n) is 10.7. The van der Waals surface area contributed by atoms with Gasteiger partial charge in [0.05, 0.1) is 11.9 Å². The van der Waals surface area contributed by atoms with E-state index in [2.05, 4.69) is 19.7 Å². The fourth-order valence-corrected chi connectivity index (χ4v) is 2.70. The highest BCUT2D eigenvalue weighted by molar-refractivity contribution is 7.11. The summed E-state index contributed by atoms with van der Waals surface area (Å²) in [6.45, 7) is 1.63. The Kier molecular flexibility index (Phi) is 3.60. The molecule has 0 saturated carbocycles. The van der Waals surface area contributed by atoms with Crippen LogP contribution in [0.2, 0.25) is 0 Å². The number of hydrogen-bond donors (Lipinski definition) is 2. The Morgan fingerprint density at radius 2 is 2.05 bits per heavy atom. The minimum Gasteiger partial charge on any atom is -0.382 e. The van der Waals surface area contributed by atoms with Gasteiger partial charge in [0.2, 0.25) is 0 Å². The molecule has 3 N–H and O–H groups in total. The lowest BCUT2D eigenvalue weighted by atomic mass is 10.1. The lowest BCUT2D eigenvalue weighted by Gasteiger charge is -2.07. The minimum atomic E-state index is 0.548. The van der Waals surface area contributed by atoms with Crippen molar-refractivity contribution in [1.29, 1.82) is 0 Å². The fourth-order valence-electron chi connectivity index (χ4n) is 1.94. The Morgan fingerprint density at radius 3 is 2.80 bits per heavy atom. The topological polar surface area (TPSA) is 81.6 Å². The van der Waals surface area contributed by atoms with E-state index in [0.29, 0.717) is 5.82 Å². The summed E-state index contributed by atoms with van der Waals surface area (Å²) in [7, 11) is 0. The average Bonchev–Trinajstić information content (AvgIpc) is 3.10. The standard InChI is InChI=1S/C13H14N6S/c14-12-11(10-1-3-15-4-2-10)13(20-18-12)17-6-8-19-7-5-16-9-19/h1-5,7,9,17H,6,8H2,(H2,14,18). The smallest absolute Gasteiger partial charge is 0.147 e. The molecule has 3 heterocycles. The lowest BCUT2D eigenvalue weighted by Crippen LogP contribution is -2.08. The van der Waals surface area contributed by atoms with E-state index >= 15 is 0 Å². The molecule has 102 valence electrons. The molecule has 3 aromatic rings. The van der Waals surface area contributed by atoms with Crippen molar-refractivity contribution in [2.75, 3.05) is 17.6 Å². The Bertz CT molecular complexity index is 661. The van der Waals surface area contributed by atoms with Crippen molar-refractivity contribution >= 4 is 22.4 Å². The summed E-state index contributed by atoms with van der Waals surface area (Å²) < 4.78 is 6.24. The van der Waals surface area contributed by atoms with Crippen molar-refractivity contribution in [1.82, 2.24) is 18.9 Å². The molecule has 20 heavy (non-hydrogen) atoms. The van der Waals surface area contributed by atoms with Crippen LogP contribution >= 0.6 is 11.5 Å². The molecule has 0 unspecified atom stereocenters. The van der Waals surface area contributed by atoms with Crippen molar-refractivity contribution < 1.29 is 0 Å². The van der Waals surface area contributed by atoms with Gasteiger partial charge in [-0.3, -0.25) is 4.98 Å². The molecular weight excluding hydrogens is 272 g/mol. The maximum atomic E-state index is 5.96. The molecule has 0 bridgehead atoms. The zero-order chi connectivity index (χ0) is 13.8. The van der Waals surface area contributed by atoms with Gasteiger partial charge in [-0.1, -0.05) is 0 Å². The number of imidazole rings is 1. The Balaban J connectivity index is 1.74. The molecule has 3 aromatic heterocycles. The van der Waals surface area contributed by atoms with Crippen LogP contribution in [0.1, 0.15) is 0 Å².